The summed E-state index contributed by atoms with van der Waals surface area (Å²) >= 11 is 0. The average molecular weight is 327 g/mol. The molecule has 0 atom stereocenters. The number of nitrogens with two attached hydrogens (primary N) is 1. The molecule has 0 unspecified atom stereocenters. The number of amides is 2. The molecule has 0 aromatic heterocycles. The molecule has 4 N–H and O–H groups in total. The van der Waals surface area contributed by atoms with Crippen LogP contribution in [0.4, 0.5) is 11.4 Å². The smallest absolute Gasteiger partial charge is 0.255 e. The monoisotopic (exact) mass is 327 g/mol. The number of ether oxygens (including phenoxy) is 1. The van der Waals surface area contributed by atoms with Crippen LogP contribution in [0.5, 0.6) is 5.75 Å². The van der Waals surface area contributed by atoms with Gasteiger partial charge in [-0.3, -0.25) is 9.59 Å². The van der Waals surface area contributed by atoms with Gasteiger partial charge in [-0.2, -0.15) is 0 Å². The zero-order valence-electron chi connectivity index (χ0n) is 13.8. The highest BCUT2D eigenvalue weighted by Crippen LogP contribution is 2.21. The molecular formula is C18H21N3O3. The van der Waals surface area contributed by atoms with Gasteiger partial charge in [-0.25, -0.2) is 0 Å². The summed E-state index contributed by atoms with van der Waals surface area (Å²) in [6, 6.07) is 12.2. The van der Waals surface area contributed by atoms with Gasteiger partial charge in [0.25, 0.3) is 5.91 Å². The van der Waals surface area contributed by atoms with Crippen LogP contribution in [0.3, 0.4) is 0 Å². The Labute approximate surface area is 141 Å². The number of hydrogen-bond acceptors (Lipinski definition) is 4. The second-order valence-electron chi connectivity index (χ2n) is 5.30. The molecule has 2 aromatic carbocycles. The van der Waals surface area contributed by atoms with Crippen molar-refractivity contribution in [3.8, 4) is 5.75 Å². The minimum Gasteiger partial charge on any atom is -0.497 e. The summed E-state index contributed by atoms with van der Waals surface area (Å²) in [5.74, 6) is 0.298. The van der Waals surface area contributed by atoms with E-state index in [4.69, 9.17) is 10.5 Å². The third-order valence-electron chi connectivity index (χ3n) is 3.49. The Kier molecular flexibility index (Phi) is 5.92. The molecule has 0 saturated heterocycles. The van der Waals surface area contributed by atoms with E-state index in [1.165, 1.54) is 0 Å². The van der Waals surface area contributed by atoms with Crippen LogP contribution in [0.1, 0.15) is 22.3 Å². The van der Waals surface area contributed by atoms with E-state index in [2.05, 4.69) is 10.6 Å². The van der Waals surface area contributed by atoms with E-state index in [-0.39, 0.29) is 18.2 Å². The van der Waals surface area contributed by atoms with Crippen LogP contribution in [0, 0.1) is 6.92 Å². The number of benzene rings is 2. The Morgan fingerprint density at radius 1 is 1.08 bits per heavy atom. The molecule has 0 aliphatic heterocycles. The summed E-state index contributed by atoms with van der Waals surface area (Å²) in [6.07, 6.45) is 0.252. The predicted octanol–water partition coefficient (Wildman–Crippen LogP) is 2.54. The molecule has 0 bridgehead atoms. The number of methoxy groups -OCH3 is 1. The Hall–Kier alpha value is -2.86. The zero-order valence-corrected chi connectivity index (χ0v) is 13.8. The molecule has 0 fully saturated rings. The molecule has 0 heterocycles. The van der Waals surface area contributed by atoms with Crippen molar-refractivity contribution in [2.45, 2.75) is 13.3 Å². The van der Waals surface area contributed by atoms with Crippen LogP contribution in [0.25, 0.3) is 0 Å². The third-order valence-corrected chi connectivity index (χ3v) is 3.49. The molecule has 24 heavy (non-hydrogen) atoms. The van der Waals surface area contributed by atoms with Crippen LogP contribution >= 0.6 is 0 Å². The number of anilines is 2. The Morgan fingerprint density at radius 3 is 2.42 bits per heavy atom. The Balaban J connectivity index is 2.11. The minimum absolute atomic E-state index is 0.153. The van der Waals surface area contributed by atoms with Gasteiger partial charge in [-0.05, 0) is 48.9 Å². The molecule has 2 rings (SSSR count). The number of aryl methyl sites for hydroxylation is 1. The standard InChI is InChI=1S/C18H21N3O3/c1-12-3-6-14(11-16(12)21-17(22)9-10-19)20-18(23)13-4-7-15(24-2)8-5-13/h3-8,11H,9-10,19H2,1-2H3,(H,20,23)(H,21,22). The van der Waals surface area contributed by atoms with Crippen LogP contribution < -0.4 is 21.1 Å². The summed E-state index contributed by atoms with van der Waals surface area (Å²) in [5.41, 5.74) is 8.05. The molecule has 6 heteroatoms. The Bertz CT molecular complexity index is 727. The van der Waals surface area contributed by atoms with E-state index in [1.54, 1.807) is 43.5 Å². The van der Waals surface area contributed by atoms with E-state index in [9.17, 15) is 9.59 Å². The Morgan fingerprint density at radius 2 is 1.79 bits per heavy atom. The van der Waals surface area contributed by atoms with Crippen LogP contribution in [-0.4, -0.2) is 25.5 Å². The number of nitrogens with one attached hydrogen (secondary N) is 2. The molecule has 0 saturated carbocycles. The fourth-order valence-corrected chi connectivity index (χ4v) is 2.12. The first-order valence-corrected chi connectivity index (χ1v) is 7.59. The van der Waals surface area contributed by atoms with Gasteiger partial charge >= 0.3 is 0 Å². The van der Waals surface area contributed by atoms with Crippen molar-refractivity contribution in [3.63, 3.8) is 0 Å². The van der Waals surface area contributed by atoms with Gasteiger partial charge in [-0.15, -0.1) is 0 Å². The van der Waals surface area contributed by atoms with Crippen molar-refractivity contribution >= 4 is 23.2 Å². The lowest BCUT2D eigenvalue weighted by Gasteiger charge is -2.11. The topological polar surface area (TPSA) is 93.5 Å². The number of carbonyl (C=O) groups excluding carboxylic acids is 2. The first-order valence-electron chi connectivity index (χ1n) is 7.59. The first-order chi connectivity index (χ1) is 11.5. The molecule has 6 nitrogen and oxygen atoms in total. The lowest BCUT2D eigenvalue weighted by molar-refractivity contribution is -0.116. The lowest BCUT2D eigenvalue weighted by atomic mass is 10.1. The van der Waals surface area contributed by atoms with Crippen molar-refractivity contribution in [1.82, 2.24) is 0 Å². The third kappa shape index (κ3) is 4.57. The van der Waals surface area contributed by atoms with Gasteiger partial charge in [-0.1, -0.05) is 6.07 Å². The second-order valence-corrected chi connectivity index (χ2v) is 5.30. The molecule has 0 radical (unpaired) electrons. The maximum atomic E-state index is 12.3. The van der Waals surface area contributed by atoms with Gasteiger partial charge in [0.05, 0.1) is 7.11 Å². The van der Waals surface area contributed by atoms with Crippen molar-refractivity contribution in [2.24, 2.45) is 5.73 Å². The molecule has 0 spiro atoms. The van der Waals surface area contributed by atoms with E-state index in [1.807, 2.05) is 13.0 Å². The molecule has 2 amide bonds. The van der Waals surface area contributed by atoms with Gasteiger partial charge in [0.1, 0.15) is 5.75 Å². The van der Waals surface area contributed by atoms with Gasteiger partial charge in [0, 0.05) is 29.9 Å². The molecule has 0 aliphatic carbocycles. The van der Waals surface area contributed by atoms with Crippen LogP contribution in [0.15, 0.2) is 42.5 Å². The molecule has 2 aromatic rings. The summed E-state index contributed by atoms with van der Waals surface area (Å²) in [7, 11) is 1.57. The largest absolute Gasteiger partial charge is 0.497 e. The minimum atomic E-state index is -0.235. The number of hydrogen-bond donors (Lipinski definition) is 3. The highest BCUT2D eigenvalue weighted by Gasteiger charge is 2.09. The summed E-state index contributed by atoms with van der Waals surface area (Å²) in [4.78, 5) is 24.0. The second kappa shape index (κ2) is 8.12. The van der Waals surface area contributed by atoms with Gasteiger partial charge in [0.2, 0.25) is 5.91 Å². The van der Waals surface area contributed by atoms with Crippen molar-refractivity contribution < 1.29 is 14.3 Å². The number of carbonyl (C=O) groups is 2. The highest BCUT2D eigenvalue weighted by molar-refractivity contribution is 6.04. The SMILES string of the molecule is COc1ccc(C(=O)Nc2ccc(C)c(NC(=O)CCN)c2)cc1. The van der Waals surface area contributed by atoms with Gasteiger partial charge in [0.15, 0.2) is 0 Å². The van der Waals surface area contributed by atoms with Crippen molar-refractivity contribution in [2.75, 3.05) is 24.3 Å². The van der Waals surface area contributed by atoms with Crippen molar-refractivity contribution in [1.29, 1.82) is 0 Å². The number of rotatable bonds is 6. The van der Waals surface area contributed by atoms with Crippen LogP contribution in [-0.2, 0) is 4.79 Å². The molecule has 0 aliphatic rings. The maximum absolute atomic E-state index is 12.3. The predicted molar refractivity (Wildman–Crippen MR) is 94.4 cm³/mol. The summed E-state index contributed by atoms with van der Waals surface area (Å²) in [5, 5.41) is 5.61. The van der Waals surface area contributed by atoms with E-state index in [0.717, 1.165) is 5.56 Å². The normalized spacial score (nSPS) is 10.1. The average Bonchev–Trinajstić information content (AvgIpc) is 2.58. The van der Waals surface area contributed by atoms with E-state index < -0.39 is 0 Å². The van der Waals surface area contributed by atoms with E-state index in [0.29, 0.717) is 29.2 Å². The summed E-state index contributed by atoms with van der Waals surface area (Å²) < 4.78 is 5.07. The maximum Gasteiger partial charge on any atom is 0.255 e. The first kappa shape index (κ1) is 17.5. The zero-order chi connectivity index (χ0) is 17.5. The quantitative estimate of drug-likeness (QED) is 0.760. The van der Waals surface area contributed by atoms with E-state index >= 15 is 0 Å². The highest BCUT2D eigenvalue weighted by atomic mass is 16.5. The van der Waals surface area contributed by atoms with Gasteiger partial charge < -0.3 is 21.1 Å². The van der Waals surface area contributed by atoms with Crippen molar-refractivity contribution in [3.05, 3.63) is 53.6 Å². The summed E-state index contributed by atoms with van der Waals surface area (Å²) in [6.45, 7) is 2.17. The van der Waals surface area contributed by atoms with Crippen LogP contribution in [0.2, 0.25) is 0 Å². The fourth-order valence-electron chi connectivity index (χ4n) is 2.12. The molecule has 126 valence electrons. The lowest BCUT2D eigenvalue weighted by Crippen LogP contribution is -2.17. The fraction of sp³-hybridized carbons (Fsp3) is 0.222. The molecular weight excluding hydrogens is 306 g/mol.